The van der Waals surface area contributed by atoms with E-state index in [4.69, 9.17) is 0 Å². The molecule has 0 bridgehead atoms. The molecule has 2 N–H and O–H groups in total. The molecule has 1 saturated heterocycles. The van der Waals surface area contributed by atoms with Crippen molar-refractivity contribution in [2.45, 2.75) is 12.8 Å². The minimum atomic E-state index is -0.451. The predicted molar refractivity (Wildman–Crippen MR) is 113 cm³/mol. The molecule has 1 fully saturated rings. The Kier molecular flexibility index (Phi) is 5.70. The third-order valence-corrected chi connectivity index (χ3v) is 5.54. The van der Waals surface area contributed by atoms with Crippen molar-refractivity contribution in [3.05, 3.63) is 65.6 Å². The smallest absolute Gasteiger partial charge is 0.337 e. The molecule has 2 heterocycles. The maximum Gasteiger partial charge on any atom is 0.337 e. The number of benzene rings is 2. The lowest BCUT2D eigenvalue weighted by molar-refractivity contribution is -0.128. The first-order chi connectivity index (χ1) is 14.9. The van der Waals surface area contributed by atoms with Crippen LogP contribution in [0, 0.1) is 11.7 Å². The average Bonchev–Trinajstić information content (AvgIpc) is 3.35. The summed E-state index contributed by atoms with van der Waals surface area (Å²) in [5.74, 6) is -1.52. The van der Waals surface area contributed by atoms with Gasteiger partial charge in [-0.2, -0.15) is 0 Å². The van der Waals surface area contributed by atoms with Gasteiger partial charge in [0.05, 0.1) is 18.6 Å². The van der Waals surface area contributed by atoms with Crippen molar-refractivity contribution in [3.8, 4) is 0 Å². The number of anilines is 1. The molecule has 7 nitrogen and oxygen atoms in total. The zero-order valence-corrected chi connectivity index (χ0v) is 17.0. The second-order valence-electron chi connectivity index (χ2n) is 7.55. The van der Waals surface area contributed by atoms with E-state index in [0.717, 1.165) is 16.5 Å². The number of carbonyl (C=O) groups is 3. The summed E-state index contributed by atoms with van der Waals surface area (Å²) in [6.45, 7) is 0.793. The minimum Gasteiger partial charge on any atom is -0.465 e. The number of methoxy groups -OCH3 is 1. The molecule has 0 saturated carbocycles. The third-order valence-electron chi connectivity index (χ3n) is 5.54. The van der Waals surface area contributed by atoms with Gasteiger partial charge in [0, 0.05) is 42.3 Å². The van der Waals surface area contributed by atoms with Crippen LogP contribution in [-0.4, -0.2) is 47.9 Å². The summed E-state index contributed by atoms with van der Waals surface area (Å²) in [6.07, 6.45) is 2.54. The highest BCUT2D eigenvalue weighted by molar-refractivity contribution is 5.97. The number of rotatable bonds is 6. The quantitative estimate of drug-likeness (QED) is 0.596. The van der Waals surface area contributed by atoms with Gasteiger partial charge in [-0.3, -0.25) is 9.59 Å². The lowest BCUT2D eigenvalue weighted by Crippen LogP contribution is -2.30. The Morgan fingerprint density at radius 2 is 2.00 bits per heavy atom. The van der Waals surface area contributed by atoms with Crippen molar-refractivity contribution in [2.24, 2.45) is 5.92 Å². The minimum absolute atomic E-state index is 0.0767. The van der Waals surface area contributed by atoms with E-state index in [1.54, 1.807) is 35.2 Å². The van der Waals surface area contributed by atoms with Gasteiger partial charge in [0.25, 0.3) is 0 Å². The SMILES string of the molecule is COC(=O)c1ccc(NC(=O)C2CC(=O)N(CCc3c[nH]c4ccc(F)cc34)C2)cc1. The van der Waals surface area contributed by atoms with Crippen LogP contribution in [0.3, 0.4) is 0 Å². The number of aromatic amines is 1. The standard InChI is InChI=1S/C23H22FN3O4/c1-31-23(30)14-2-5-18(6-3-14)26-22(29)16-10-21(28)27(13-16)9-8-15-12-25-20-7-4-17(24)11-19(15)20/h2-7,11-12,16,25H,8-10,13H2,1H3,(H,26,29). The number of esters is 1. The van der Waals surface area contributed by atoms with Gasteiger partial charge >= 0.3 is 5.97 Å². The van der Waals surface area contributed by atoms with Crippen LogP contribution < -0.4 is 5.32 Å². The van der Waals surface area contributed by atoms with Crippen molar-refractivity contribution < 1.29 is 23.5 Å². The number of amides is 2. The zero-order valence-electron chi connectivity index (χ0n) is 17.0. The molecule has 1 unspecified atom stereocenters. The van der Waals surface area contributed by atoms with E-state index in [0.29, 0.717) is 30.8 Å². The van der Waals surface area contributed by atoms with Gasteiger partial charge in [0.1, 0.15) is 5.82 Å². The third kappa shape index (κ3) is 4.42. The van der Waals surface area contributed by atoms with E-state index in [1.165, 1.54) is 19.2 Å². The Balaban J connectivity index is 1.34. The van der Waals surface area contributed by atoms with E-state index in [-0.39, 0.29) is 24.1 Å². The van der Waals surface area contributed by atoms with Gasteiger partial charge in [-0.25, -0.2) is 9.18 Å². The Labute approximate surface area is 178 Å². The zero-order chi connectivity index (χ0) is 22.0. The van der Waals surface area contributed by atoms with Gasteiger partial charge in [-0.05, 0) is 54.4 Å². The highest BCUT2D eigenvalue weighted by Gasteiger charge is 2.34. The normalized spacial score (nSPS) is 16.0. The van der Waals surface area contributed by atoms with Crippen LogP contribution in [-0.2, 0) is 20.7 Å². The van der Waals surface area contributed by atoms with E-state index in [1.807, 2.05) is 6.20 Å². The number of halogens is 1. The highest BCUT2D eigenvalue weighted by atomic mass is 19.1. The van der Waals surface area contributed by atoms with Crippen LogP contribution in [0.1, 0.15) is 22.3 Å². The number of nitrogens with one attached hydrogen (secondary N) is 2. The van der Waals surface area contributed by atoms with Gasteiger partial charge in [0.15, 0.2) is 0 Å². The highest BCUT2D eigenvalue weighted by Crippen LogP contribution is 2.23. The fourth-order valence-electron chi connectivity index (χ4n) is 3.83. The molecule has 1 atom stereocenters. The molecule has 1 aliphatic rings. The fraction of sp³-hybridized carbons (Fsp3) is 0.261. The Morgan fingerprint density at radius 1 is 1.23 bits per heavy atom. The molecule has 1 aromatic heterocycles. The molecular weight excluding hydrogens is 401 g/mol. The largest absolute Gasteiger partial charge is 0.465 e. The van der Waals surface area contributed by atoms with E-state index in [2.05, 4.69) is 15.0 Å². The van der Waals surface area contributed by atoms with Gasteiger partial charge in [0.2, 0.25) is 11.8 Å². The van der Waals surface area contributed by atoms with E-state index in [9.17, 15) is 18.8 Å². The Morgan fingerprint density at radius 3 is 2.74 bits per heavy atom. The molecule has 0 radical (unpaired) electrons. The van der Waals surface area contributed by atoms with Gasteiger partial charge in [-0.1, -0.05) is 0 Å². The van der Waals surface area contributed by atoms with Crippen molar-refractivity contribution in [1.29, 1.82) is 0 Å². The van der Waals surface area contributed by atoms with Crippen LogP contribution in [0.5, 0.6) is 0 Å². The first-order valence-corrected chi connectivity index (χ1v) is 9.97. The second kappa shape index (κ2) is 8.59. The molecule has 2 aromatic carbocycles. The summed E-state index contributed by atoms with van der Waals surface area (Å²) in [5, 5.41) is 3.59. The van der Waals surface area contributed by atoms with Crippen LogP contribution in [0.25, 0.3) is 10.9 Å². The molecule has 1 aliphatic heterocycles. The maximum absolute atomic E-state index is 13.6. The lowest BCUT2D eigenvalue weighted by Gasteiger charge is -2.16. The predicted octanol–water partition coefficient (Wildman–Crippen LogP) is 3.12. The number of hydrogen-bond donors (Lipinski definition) is 2. The molecule has 3 aromatic rings. The molecule has 0 spiro atoms. The van der Waals surface area contributed by atoms with Crippen molar-refractivity contribution in [1.82, 2.24) is 9.88 Å². The first kappa shape index (κ1) is 20.6. The molecule has 8 heteroatoms. The molecule has 0 aliphatic carbocycles. The lowest BCUT2D eigenvalue weighted by atomic mass is 10.1. The van der Waals surface area contributed by atoms with Gasteiger partial charge in [-0.15, -0.1) is 0 Å². The molecule has 2 amide bonds. The summed E-state index contributed by atoms with van der Waals surface area (Å²) >= 11 is 0. The number of ether oxygens (including phenoxy) is 1. The van der Waals surface area contributed by atoms with E-state index < -0.39 is 11.9 Å². The number of hydrogen-bond acceptors (Lipinski definition) is 4. The number of nitrogens with zero attached hydrogens (tertiary/aromatic N) is 1. The summed E-state index contributed by atoms with van der Waals surface area (Å²) in [7, 11) is 1.30. The first-order valence-electron chi connectivity index (χ1n) is 9.97. The summed E-state index contributed by atoms with van der Waals surface area (Å²) in [6, 6.07) is 10.9. The summed E-state index contributed by atoms with van der Waals surface area (Å²) in [4.78, 5) is 41.3. The Bertz CT molecular complexity index is 1140. The van der Waals surface area contributed by atoms with Gasteiger partial charge < -0.3 is 19.9 Å². The summed E-state index contributed by atoms with van der Waals surface area (Å²) in [5.41, 5.74) is 2.71. The van der Waals surface area contributed by atoms with Crippen LogP contribution in [0.4, 0.5) is 10.1 Å². The number of carbonyl (C=O) groups excluding carboxylic acids is 3. The number of aromatic nitrogens is 1. The molecule has 31 heavy (non-hydrogen) atoms. The monoisotopic (exact) mass is 423 g/mol. The summed E-state index contributed by atoms with van der Waals surface area (Å²) < 4.78 is 18.2. The number of likely N-dealkylation sites (tertiary alicyclic amines) is 1. The topological polar surface area (TPSA) is 91.5 Å². The second-order valence-corrected chi connectivity index (χ2v) is 7.55. The number of H-pyrrole nitrogens is 1. The molecule has 160 valence electrons. The van der Waals surface area contributed by atoms with Crippen LogP contribution in [0.15, 0.2) is 48.7 Å². The maximum atomic E-state index is 13.6. The molecule has 4 rings (SSSR count). The molecular formula is C23H22FN3O4. The van der Waals surface area contributed by atoms with Crippen molar-refractivity contribution in [3.63, 3.8) is 0 Å². The van der Waals surface area contributed by atoms with Crippen LogP contribution in [0.2, 0.25) is 0 Å². The van der Waals surface area contributed by atoms with E-state index >= 15 is 0 Å². The van der Waals surface area contributed by atoms with Crippen molar-refractivity contribution in [2.75, 3.05) is 25.5 Å². The van der Waals surface area contributed by atoms with Crippen LogP contribution >= 0.6 is 0 Å². The average molecular weight is 423 g/mol. The van der Waals surface area contributed by atoms with Crippen molar-refractivity contribution >= 4 is 34.4 Å². The number of fused-ring (bicyclic) bond motifs is 1. The Hall–Kier alpha value is -3.68. The fourth-order valence-corrected chi connectivity index (χ4v) is 3.83.